The summed E-state index contributed by atoms with van der Waals surface area (Å²) in [6, 6.07) is 7.86. The number of nitrogens with zero attached hydrogens (tertiary/aromatic N) is 2. The van der Waals surface area contributed by atoms with E-state index in [1.54, 1.807) is 0 Å². The zero-order valence-electron chi connectivity index (χ0n) is 11.1. The lowest BCUT2D eigenvalue weighted by molar-refractivity contribution is 0.309. The SMILES string of the molecule is Cc1csc(=O)n1CCN(C)Cc1ccc(Cl)cc1. The molecule has 19 heavy (non-hydrogen) atoms. The molecule has 5 heteroatoms. The smallest absolute Gasteiger partial charge is 0.302 e. The lowest BCUT2D eigenvalue weighted by atomic mass is 10.2. The highest BCUT2D eigenvalue weighted by atomic mass is 35.5. The maximum absolute atomic E-state index is 11.6. The Bertz CT molecular complexity index is 588. The van der Waals surface area contributed by atoms with Gasteiger partial charge in [-0.15, -0.1) is 0 Å². The van der Waals surface area contributed by atoms with Crippen molar-refractivity contribution in [2.24, 2.45) is 0 Å². The molecule has 1 aromatic heterocycles. The molecule has 2 aromatic rings. The van der Waals surface area contributed by atoms with Gasteiger partial charge in [-0.25, -0.2) is 0 Å². The number of benzene rings is 1. The third-order valence-electron chi connectivity index (χ3n) is 3.05. The molecule has 0 aliphatic carbocycles. The van der Waals surface area contributed by atoms with Crippen LogP contribution in [0.5, 0.6) is 0 Å². The molecule has 1 aromatic carbocycles. The Balaban J connectivity index is 1.90. The van der Waals surface area contributed by atoms with Gasteiger partial charge in [-0.05, 0) is 31.7 Å². The number of hydrogen-bond donors (Lipinski definition) is 0. The van der Waals surface area contributed by atoms with E-state index in [-0.39, 0.29) is 4.87 Å². The number of aromatic nitrogens is 1. The fraction of sp³-hybridized carbons (Fsp3) is 0.357. The second-order valence-electron chi connectivity index (χ2n) is 4.66. The average Bonchev–Trinajstić information content (AvgIpc) is 2.70. The van der Waals surface area contributed by atoms with Gasteiger partial charge >= 0.3 is 4.87 Å². The van der Waals surface area contributed by atoms with Gasteiger partial charge in [-0.1, -0.05) is 35.1 Å². The summed E-state index contributed by atoms with van der Waals surface area (Å²) >= 11 is 7.12. The van der Waals surface area contributed by atoms with Crippen molar-refractivity contribution < 1.29 is 0 Å². The summed E-state index contributed by atoms with van der Waals surface area (Å²) in [4.78, 5) is 13.9. The monoisotopic (exact) mass is 296 g/mol. The molecule has 102 valence electrons. The molecule has 0 atom stereocenters. The number of thiazole rings is 1. The molecule has 0 N–H and O–H groups in total. The van der Waals surface area contributed by atoms with Crippen LogP contribution < -0.4 is 4.87 Å². The Morgan fingerprint density at radius 2 is 2.00 bits per heavy atom. The minimum atomic E-state index is 0.123. The molecule has 0 bridgehead atoms. The van der Waals surface area contributed by atoms with E-state index < -0.39 is 0 Å². The van der Waals surface area contributed by atoms with Crippen molar-refractivity contribution >= 4 is 22.9 Å². The summed E-state index contributed by atoms with van der Waals surface area (Å²) in [7, 11) is 2.06. The van der Waals surface area contributed by atoms with E-state index in [1.165, 1.54) is 16.9 Å². The van der Waals surface area contributed by atoms with Gasteiger partial charge in [0.1, 0.15) is 0 Å². The maximum atomic E-state index is 11.6. The minimum absolute atomic E-state index is 0.123. The Morgan fingerprint density at radius 1 is 1.32 bits per heavy atom. The van der Waals surface area contributed by atoms with Crippen LogP contribution in [-0.4, -0.2) is 23.1 Å². The lowest BCUT2D eigenvalue weighted by Gasteiger charge is -2.17. The van der Waals surface area contributed by atoms with E-state index in [4.69, 9.17) is 11.6 Å². The molecule has 0 amide bonds. The maximum Gasteiger partial charge on any atom is 0.307 e. The molecular weight excluding hydrogens is 280 g/mol. The minimum Gasteiger partial charge on any atom is -0.302 e. The van der Waals surface area contributed by atoms with Gasteiger partial charge in [0.15, 0.2) is 0 Å². The standard InChI is InChI=1S/C14H17ClN2OS/c1-11-10-19-14(18)17(11)8-7-16(2)9-12-3-5-13(15)6-4-12/h3-6,10H,7-9H2,1-2H3. The predicted octanol–water partition coefficient (Wildman–Crippen LogP) is 3.00. The average molecular weight is 297 g/mol. The van der Waals surface area contributed by atoms with E-state index in [9.17, 15) is 4.79 Å². The molecule has 0 aliphatic heterocycles. The van der Waals surface area contributed by atoms with Crippen LogP contribution in [0.2, 0.25) is 5.02 Å². The number of aryl methyl sites for hydroxylation is 1. The van der Waals surface area contributed by atoms with Crippen molar-refractivity contribution in [2.75, 3.05) is 13.6 Å². The van der Waals surface area contributed by atoms with E-state index in [0.717, 1.165) is 30.4 Å². The van der Waals surface area contributed by atoms with Crippen LogP contribution >= 0.6 is 22.9 Å². The van der Waals surface area contributed by atoms with E-state index in [1.807, 2.05) is 41.1 Å². The van der Waals surface area contributed by atoms with Gasteiger partial charge in [0, 0.05) is 35.7 Å². The summed E-state index contributed by atoms with van der Waals surface area (Å²) in [5, 5.41) is 2.66. The summed E-state index contributed by atoms with van der Waals surface area (Å²) in [5.41, 5.74) is 2.26. The van der Waals surface area contributed by atoms with Crippen LogP contribution in [0, 0.1) is 6.92 Å². The van der Waals surface area contributed by atoms with Gasteiger partial charge in [-0.3, -0.25) is 4.79 Å². The van der Waals surface area contributed by atoms with Gasteiger partial charge < -0.3 is 9.47 Å². The fourth-order valence-corrected chi connectivity index (χ4v) is 2.81. The van der Waals surface area contributed by atoms with Crippen molar-refractivity contribution in [3.63, 3.8) is 0 Å². The molecule has 2 rings (SSSR count). The topological polar surface area (TPSA) is 25.2 Å². The summed E-state index contributed by atoms with van der Waals surface area (Å²) in [6.07, 6.45) is 0. The van der Waals surface area contributed by atoms with Crippen molar-refractivity contribution in [1.82, 2.24) is 9.47 Å². The van der Waals surface area contributed by atoms with Crippen molar-refractivity contribution in [1.29, 1.82) is 0 Å². The van der Waals surface area contributed by atoms with Crippen LogP contribution in [0.4, 0.5) is 0 Å². The zero-order valence-corrected chi connectivity index (χ0v) is 12.7. The molecule has 1 heterocycles. The van der Waals surface area contributed by atoms with Crippen LogP contribution in [0.1, 0.15) is 11.3 Å². The van der Waals surface area contributed by atoms with Gasteiger partial charge in [-0.2, -0.15) is 0 Å². The predicted molar refractivity (Wildman–Crippen MR) is 81.1 cm³/mol. The Kier molecular flexibility index (Phi) is 4.80. The third-order valence-corrected chi connectivity index (χ3v) is 4.18. The molecule has 0 aliphatic rings. The summed E-state index contributed by atoms with van der Waals surface area (Å²) < 4.78 is 1.82. The second kappa shape index (κ2) is 6.37. The number of rotatable bonds is 5. The largest absolute Gasteiger partial charge is 0.307 e. The highest BCUT2D eigenvalue weighted by Crippen LogP contribution is 2.11. The number of likely N-dealkylation sites (N-methyl/N-ethyl adjacent to an activating group) is 1. The number of hydrogen-bond acceptors (Lipinski definition) is 3. The summed E-state index contributed by atoms with van der Waals surface area (Å²) in [6.45, 7) is 4.41. The lowest BCUT2D eigenvalue weighted by Crippen LogP contribution is -2.26. The Labute approximate surface area is 122 Å². The normalized spacial score (nSPS) is 11.2. The highest BCUT2D eigenvalue weighted by Gasteiger charge is 2.05. The molecule has 0 unspecified atom stereocenters. The molecule has 0 saturated heterocycles. The Morgan fingerprint density at radius 3 is 2.58 bits per heavy atom. The van der Waals surface area contributed by atoms with Gasteiger partial charge in [0.05, 0.1) is 0 Å². The molecule has 0 radical (unpaired) electrons. The first-order chi connectivity index (χ1) is 9.06. The first-order valence-electron chi connectivity index (χ1n) is 6.14. The van der Waals surface area contributed by atoms with Crippen LogP contribution in [0.25, 0.3) is 0 Å². The third kappa shape index (κ3) is 3.93. The molecule has 0 spiro atoms. The van der Waals surface area contributed by atoms with Crippen LogP contribution in [0.3, 0.4) is 0 Å². The molecule has 3 nitrogen and oxygen atoms in total. The van der Waals surface area contributed by atoms with Crippen molar-refractivity contribution in [3.05, 3.63) is 55.6 Å². The Hall–Kier alpha value is -1.10. The quantitative estimate of drug-likeness (QED) is 0.847. The zero-order chi connectivity index (χ0) is 13.8. The molecule has 0 fully saturated rings. The number of halogens is 1. The fourth-order valence-electron chi connectivity index (χ4n) is 1.93. The molecule has 0 saturated carbocycles. The molecular formula is C14H17ClN2OS. The van der Waals surface area contributed by atoms with E-state index in [0.29, 0.717) is 0 Å². The van der Waals surface area contributed by atoms with Gasteiger partial charge in [0.2, 0.25) is 0 Å². The van der Waals surface area contributed by atoms with Gasteiger partial charge in [0.25, 0.3) is 0 Å². The first kappa shape index (κ1) is 14.3. The van der Waals surface area contributed by atoms with Crippen molar-refractivity contribution in [2.45, 2.75) is 20.0 Å². The van der Waals surface area contributed by atoms with Crippen LogP contribution in [-0.2, 0) is 13.1 Å². The summed E-state index contributed by atoms with van der Waals surface area (Å²) in [5.74, 6) is 0. The highest BCUT2D eigenvalue weighted by molar-refractivity contribution is 7.07. The van der Waals surface area contributed by atoms with Crippen molar-refractivity contribution in [3.8, 4) is 0 Å². The van der Waals surface area contributed by atoms with E-state index >= 15 is 0 Å². The van der Waals surface area contributed by atoms with Crippen LogP contribution in [0.15, 0.2) is 34.4 Å². The first-order valence-corrected chi connectivity index (χ1v) is 7.40. The van der Waals surface area contributed by atoms with E-state index in [2.05, 4.69) is 11.9 Å². The second-order valence-corrected chi connectivity index (χ2v) is 5.92.